The van der Waals surface area contributed by atoms with E-state index in [4.69, 9.17) is 5.73 Å². The number of nitrogens with zero attached hydrogens (tertiary/aromatic N) is 1. The first kappa shape index (κ1) is 14.8. The SMILES string of the molecule is CSCCC(C)N(C)C(=O)c1ccc(F)cc1N. The molecule has 1 aromatic rings. The van der Waals surface area contributed by atoms with Crippen LogP contribution in [0.25, 0.3) is 0 Å². The summed E-state index contributed by atoms with van der Waals surface area (Å²) in [4.78, 5) is 13.9. The van der Waals surface area contributed by atoms with Gasteiger partial charge in [-0.05, 0) is 43.6 Å². The minimum absolute atomic E-state index is 0.134. The van der Waals surface area contributed by atoms with E-state index < -0.39 is 5.82 Å². The van der Waals surface area contributed by atoms with Gasteiger partial charge in [-0.25, -0.2) is 4.39 Å². The Balaban J connectivity index is 2.79. The Morgan fingerprint density at radius 1 is 1.56 bits per heavy atom. The molecule has 0 aliphatic rings. The number of hydrogen-bond acceptors (Lipinski definition) is 3. The summed E-state index contributed by atoms with van der Waals surface area (Å²) >= 11 is 1.75. The quantitative estimate of drug-likeness (QED) is 0.837. The van der Waals surface area contributed by atoms with Gasteiger partial charge < -0.3 is 10.6 Å². The molecule has 1 atom stereocenters. The zero-order valence-electron chi connectivity index (χ0n) is 10.9. The maximum absolute atomic E-state index is 12.9. The number of amides is 1. The molecule has 0 aliphatic heterocycles. The van der Waals surface area contributed by atoms with Crippen molar-refractivity contribution in [3.63, 3.8) is 0 Å². The van der Waals surface area contributed by atoms with Crippen molar-refractivity contribution in [2.45, 2.75) is 19.4 Å². The van der Waals surface area contributed by atoms with Crippen LogP contribution in [0.4, 0.5) is 10.1 Å². The maximum atomic E-state index is 12.9. The van der Waals surface area contributed by atoms with E-state index in [-0.39, 0.29) is 17.6 Å². The summed E-state index contributed by atoms with van der Waals surface area (Å²) in [5.74, 6) is 0.403. The van der Waals surface area contributed by atoms with E-state index in [1.165, 1.54) is 18.2 Å². The molecule has 1 amide bonds. The standard InChI is InChI=1S/C13H19FN2OS/c1-9(6-7-18-3)16(2)13(17)11-5-4-10(14)8-12(11)15/h4-5,8-9H,6-7,15H2,1-3H3. The highest BCUT2D eigenvalue weighted by Gasteiger charge is 2.19. The molecule has 5 heteroatoms. The third kappa shape index (κ3) is 3.63. The van der Waals surface area contributed by atoms with E-state index in [1.807, 2.05) is 13.2 Å². The van der Waals surface area contributed by atoms with Gasteiger partial charge in [0.1, 0.15) is 5.82 Å². The number of benzene rings is 1. The third-order valence-corrected chi connectivity index (χ3v) is 3.61. The van der Waals surface area contributed by atoms with Gasteiger partial charge in [-0.3, -0.25) is 4.79 Å². The number of anilines is 1. The molecule has 0 bridgehead atoms. The third-order valence-electron chi connectivity index (χ3n) is 2.97. The molecule has 3 nitrogen and oxygen atoms in total. The van der Waals surface area contributed by atoms with E-state index in [0.717, 1.165) is 12.2 Å². The molecule has 0 aromatic heterocycles. The molecule has 0 spiro atoms. The molecule has 1 aromatic carbocycles. The number of carbonyl (C=O) groups is 1. The fourth-order valence-corrected chi connectivity index (χ4v) is 2.18. The van der Waals surface area contributed by atoms with E-state index >= 15 is 0 Å². The number of nitrogens with two attached hydrogens (primary N) is 1. The van der Waals surface area contributed by atoms with Crippen LogP contribution in [0.5, 0.6) is 0 Å². The lowest BCUT2D eigenvalue weighted by Gasteiger charge is -2.25. The van der Waals surface area contributed by atoms with Crippen molar-refractivity contribution < 1.29 is 9.18 Å². The van der Waals surface area contributed by atoms with Crippen molar-refractivity contribution in [1.29, 1.82) is 0 Å². The number of halogens is 1. The lowest BCUT2D eigenvalue weighted by molar-refractivity contribution is 0.0742. The summed E-state index contributed by atoms with van der Waals surface area (Å²) in [7, 11) is 1.75. The van der Waals surface area contributed by atoms with Crippen LogP contribution in [0, 0.1) is 5.82 Å². The summed E-state index contributed by atoms with van der Waals surface area (Å²) in [6.45, 7) is 1.99. The highest BCUT2D eigenvalue weighted by Crippen LogP contribution is 2.17. The average Bonchev–Trinajstić information content (AvgIpc) is 2.34. The Morgan fingerprint density at radius 3 is 2.78 bits per heavy atom. The van der Waals surface area contributed by atoms with Crippen LogP contribution < -0.4 is 5.73 Å². The number of thioether (sulfide) groups is 1. The molecule has 0 radical (unpaired) electrons. The predicted octanol–water partition coefficient (Wildman–Crippen LogP) is 2.62. The molecule has 0 aliphatic carbocycles. The van der Waals surface area contributed by atoms with Gasteiger partial charge in [0.2, 0.25) is 0 Å². The Bertz CT molecular complexity index is 425. The van der Waals surface area contributed by atoms with Gasteiger partial charge in [-0.15, -0.1) is 0 Å². The van der Waals surface area contributed by atoms with Gasteiger partial charge in [-0.1, -0.05) is 0 Å². The first-order chi connectivity index (χ1) is 8.47. The van der Waals surface area contributed by atoms with Crippen molar-refractivity contribution in [2.24, 2.45) is 0 Å². The summed E-state index contributed by atoms with van der Waals surface area (Å²) in [6, 6.07) is 4.00. The Labute approximate surface area is 112 Å². The molecule has 0 saturated heterocycles. The van der Waals surface area contributed by atoms with Crippen LogP contribution in [-0.4, -0.2) is 35.9 Å². The number of hydrogen-bond donors (Lipinski definition) is 1. The summed E-state index contributed by atoms with van der Waals surface area (Å²) in [5, 5.41) is 0. The minimum atomic E-state index is -0.429. The predicted molar refractivity (Wildman–Crippen MR) is 75.4 cm³/mol. The fourth-order valence-electron chi connectivity index (χ4n) is 1.60. The lowest BCUT2D eigenvalue weighted by atomic mass is 10.1. The van der Waals surface area contributed by atoms with Crippen LogP contribution >= 0.6 is 11.8 Å². The molecule has 18 heavy (non-hydrogen) atoms. The van der Waals surface area contributed by atoms with E-state index in [1.54, 1.807) is 23.7 Å². The number of rotatable bonds is 5. The highest BCUT2D eigenvalue weighted by molar-refractivity contribution is 7.98. The Hall–Kier alpha value is -1.23. The van der Waals surface area contributed by atoms with Crippen LogP contribution in [0.2, 0.25) is 0 Å². The average molecular weight is 270 g/mol. The lowest BCUT2D eigenvalue weighted by Crippen LogP contribution is -2.35. The summed E-state index contributed by atoms with van der Waals surface area (Å²) in [5.41, 5.74) is 6.21. The van der Waals surface area contributed by atoms with Crippen molar-refractivity contribution in [1.82, 2.24) is 4.90 Å². The van der Waals surface area contributed by atoms with E-state index in [9.17, 15) is 9.18 Å². The first-order valence-corrected chi connectivity index (χ1v) is 7.18. The molecule has 0 heterocycles. The molecule has 0 fully saturated rings. The minimum Gasteiger partial charge on any atom is -0.398 e. The zero-order chi connectivity index (χ0) is 13.7. The maximum Gasteiger partial charge on any atom is 0.255 e. The summed E-state index contributed by atoms with van der Waals surface area (Å²) in [6.07, 6.45) is 2.96. The van der Waals surface area contributed by atoms with Gasteiger partial charge in [-0.2, -0.15) is 11.8 Å². The van der Waals surface area contributed by atoms with Crippen molar-refractivity contribution in [3.05, 3.63) is 29.6 Å². The molecular formula is C13H19FN2OS. The van der Waals surface area contributed by atoms with Gasteiger partial charge in [0.05, 0.1) is 5.56 Å². The van der Waals surface area contributed by atoms with Crippen molar-refractivity contribution in [2.75, 3.05) is 24.8 Å². The van der Waals surface area contributed by atoms with Crippen LogP contribution in [0.1, 0.15) is 23.7 Å². The molecule has 1 unspecified atom stereocenters. The Morgan fingerprint density at radius 2 is 2.22 bits per heavy atom. The topological polar surface area (TPSA) is 46.3 Å². The van der Waals surface area contributed by atoms with Gasteiger partial charge in [0.15, 0.2) is 0 Å². The monoisotopic (exact) mass is 270 g/mol. The molecule has 1 rings (SSSR count). The van der Waals surface area contributed by atoms with Crippen molar-refractivity contribution >= 4 is 23.4 Å². The van der Waals surface area contributed by atoms with Crippen LogP contribution in [0.3, 0.4) is 0 Å². The smallest absolute Gasteiger partial charge is 0.255 e. The molecule has 100 valence electrons. The second kappa shape index (κ2) is 6.64. The van der Waals surface area contributed by atoms with Gasteiger partial charge in [0.25, 0.3) is 5.91 Å². The number of carbonyl (C=O) groups excluding carboxylic acids is 1. The fraction of sp³-hybridized carbons (Fsp3) is 0.462. The Kier molecular flexibility index (Phi) is 5.47. The summed E-state index contributed by atoms with van der Waals surface area (Å²) < 4.78 is 12.9. The normalized spacial score (nSPS) is 12.2. The zero-order valence-corrected chi connectivity index (χ0v) is 11.8. The first-order valence-electron chi connectivity index (χ1n) is 5.78. The van der Waals surface area contributed by atoms with Gasteiger partial charge in [0, 0.05) is 18.8 Å². The number of nitrogen functional groups attached to an aromatic ring is 1. The van der Waals surface area contributed by atoms with Gasteiger partial charge >= 0.3 is 0 Å². The second-order valence-electron chi connectivity index (χ2n) is 4.28. The van der Waals surface area contributed by atoms with Crippen molar-refractivity contribution in [3.8, 4) is 0 Å². The van der Waals surface area contributed by atoms with Crippen LogP contribution in [0.15, 0.2) is 18.2 Å². The van der Waals surface area contributed by atoms with E-state index in [2.05, 4.69) is 0 Å². The van der Waals surface area contributed by atoms with Crippen LogP contribution in [-0.2, 0) is 0 Å². The molecule has 2 N–H and O–H groups in total. The highest BCUT2D eigenvalue weighted by atomic mass is 32.2. The molecule has 0 saturated carbocycles. The van der Waals surface area contributed by atoms with E-state index in [0.29, 0.717) is 5.56 Å². The second-order valence-corrected chi connectivity index (χ2v) is 5.26. The molecular weight excluding hydrogens is 251 g/mol. The largest absolute Gasteiger partial charge is 0.398 e.